The van der Waals surface area contributed by atoms with E-state index < -0.39 is 12.1 Å². The van der Waals surface area contributed by atoms with Crippen LogP contribution in [-0.4, -0.2) is 6.18 Å². The number of hydrogen-bond acceptors (Lipinski definition) is 0. The molecule has 0 saturated carbocycles. The SMILES string of the molecule is Cc1ccc(C(c2ccc(C)c(C)c2)C(F)(F)F)cc1C. The molecule has 0 atom stereocenters. The Morgan fingerprint density at radius 1 is 0.667 bits per heavy atom. The second-order valence-electron chi connectivity index (χ2n) is 5.66. The Morgan fingerprint density at radius 2 is 1.05 bits per heavy atom. The first-order valence-electron chi connectivity index (χ1n) is 6.91. The van der Waals surface area contributed by atoms with Gasteiger partial charge in [-0.2, -0.15) is 13.2 Å². The molecule has 0 nitrogen and oxygen atoms in total. The normalized spacial score (nSPS) is 12.0. The number of hydrogen-bond donors (Lipinski definition) is 0. The summed E-state index contributed by atoms with van der Waals surface area (Å²) >= 11 is 0. The summed E-state index contributed by atoms with van der Waals surface area (Å²) in [5.41, 5.74) is 4.36. The van der Waals surface area contributed by atoms with E-state index in [1.165, 1.54) is 0 Å². The van der Waals surface area contributed by atoms with Crippen LogP contribution in [-0.2, 0) is 0 Å². The fraction of sp³-hybridized carbons (Fsp3) is 0.333. The number of benzene rings is 2. The molecule has 0 heterocycles. The van der Waals surface area contributed by atoms with Crippen LogP contribution in [0.4, 0.5) is 13.2 Å². The maximum absolute atomic E-state index is 13.6. The second kappa shape index (κ2) is 5.55. The van der Waals surface area contributed by atoms with Gasteiger partial charge in [-0.05, 0) is 61.1 Å². The van der Waals surface area contributed by atoms with Crippen LogP contribution in [0.3, 0.4) is 0 Å². The molecule has 0 spiro atoms. The van der Waals surface area contributed by atoms with Gasteiger partial charge in [-0.25, -0.2) is 0 Å². The number of aryl methyl sites for hydroxylation is 4. The van der Waals surface area contributed by atoms with Crippen LogP contribution in [0.1, 0.15) is 39.3 Å². The molecule has 2 aromatic rings. The average Bonchev–Trinajstić information content (AvgIpc) is 2.37. The summed E-state index contributed by atoms with van der Waals surface area (Å²) in [6.07, 6.45) is -4.30. The lowest BCUT2D eigenvalue weighted by Crippen LogP contribution is -2.22. The molecule has 0 saturated heterocycles. The van der Waals surface area contributed by atoms with Crippen molar-refractivity contribution in [1.29, 1.82) is 0 Å². The van der Waals surface area contributed by atoms with Gasteiger partial charge in [0.1, 0.15) is 5.92 Å². The van der Waals surface area contributed by atoms with E-state index >= 15 is 0 Å². The van der Waals surface area contributed by atoms with E-state index in [9.17, 15) is 13.2 Å². The van der Waals surface area contributed by atoms with Crippen LogP contribution in [0.25, 0.3) is 0 Å². The summed E-state index contributed by atoms with van der Waals surface area (Å²) < 4.78 is 40.7. The van der Waals surface area contributed by atoms with Crippen molar-refractivity contribution in [3.63, 3.8) is 0 Å². The Balaban J connectivity index is 2.58. The first-order valence-corrected chi connectivity index (χ1v) is 6.91. The highest BCUT2D eigenvalue weighted by molar-refractivity contribution is 5.41. The van der Waals surface area contributed by atoms with Crippen molar-refractivity contribution in [2.45, 2.75) is 39.8 Å². The van der Waals surface area contributed by atoms with Crippen LogP contribution in [0.15, 0.2) is 36.4 Å². The molecule has 21 heavy (non-hydrogen) atoms. The highest BCUT2D eigenvalue weighted by Crippen LogP contribution is 2.41. The maximum atomic E-state index is 13.6. The Kier molecular flexibility index (Phi) is 4.13. The van der Waals surface area contributed by atoms with Crippen LogP contribution < -0.4 is 0 Å². The standard InChI is InChI=1S/C18H19F3/c1-11-5-7-15(9-13(11)3)17(18(19,20)21)16-8-6-12(2)14(4)10-16/h5-10,17H,1-4H3. The van der Waals surface area contributed by atoms with Gasteiger partial charge in [0, 0.05) is 0 Å². The molecule has 0 N–H and O–H groups in total. The Morgan fingerprint density at radius 3 is 1.33 bits per heavy atom. The largest absolute Gasteiger partial charge is 0.399 e. The molecule has 2 rings (SSSR count). The van der Waals surface area contributed by atoms with Crippen molar-refractivity contribution in [2.24, 2.45) is 0 Å². The zero-order chi connectivity index (χ0) is 15.8. The third-order valence-electron chi connectivity index (χ3n) is 4.06. The van der Waals surface area contributed by atoms with Gasteiger partial charge in [-0.3, -0.25) is 0 Å². The van der Waals surface area contributed by atoms with Crippen molar-refractivity contribution < 1.29 is 13.2 Å². The van der Waals surface area contributed by atoms with Gasteiger partial charge in [0.15, 0.2) is 0 Å². The molecule has 0 aliphatic rings. The van der Waals surface area contributed by atoms with Crippen LogP contribution >= 0.6 is 0 Å². The van der Waals surface area contributed by atoms with Crippen molar-refractivity contribution in [2.75, 3.05) is 0 Å². The van der Waals surface area contributed by atoms with Gasteiger partial charge >= 0.3 is 6.18 Å². The molecular formula is C18H19F3. The van der Waals surface area contributed by atoms with E-state index in [1.807, 2.05) is 27.7 Å². The molecule has 2 aromatic carbocycles. The number of halogens is 3. The van der Waals surface area contributed by atoms with Crippen LogP contribution in [0.2, 0.25) is 0 Å². The molecule has 3 heteroatoms. The van der Waals surface area contributed by atoms with Crippen molar-refractivity contribution in [3.8, 4) is 0 Å². The van der Waals surface area contributed by atoms with Gasteiger partial charge in [-0.1, -0.05) is 36.4 Å². The van der Waals surface area contributed by atoms with Crippen molar-refractivity contribution in [3.05, 3.63) is 69.8 Å². The minimum Gasteiger partial charge on any atom is -0.170 e. The van der Waals surface area contributed by atoms with Crippen molar-refractivity contribution in [1.82, 2.24) is 0 Å². The smallest absolute Gasteiger partial charge is 0.170 e. The molecule has 0 aliphatic carbocycles. The number of alkyl halides is 3. The third kappa shape index (κ3) is 3.29. The lowest BCUT2D eigenvalue weighted by molar-refractivity contribution is -0.141. The predicted molar refractivity (Wildman–Crippen MR) is 79.7 cm³/mol. The summed E-state index contributed by atoms with van der Waals surface area (Å²) in [7, 11) is 0. The maximum Gasteiger partial charge on any atom is 0.399 e. The third-order valence-corrected chi connectivity index (χ3v) is 4.06. The molecule has 0 fully saturated rings. The van der Waals surface area contributed by atoms with Crippen LogP contribution in [0.5, 0.6) is 0 Å². The summed E-state index contributed by atoms with van der Waals surface area (Å²) in [6, 6.07) is 9.95. The quantitative estimate of drug-likeness (QED) is 0.674. The van der Waals surface area contributed by atoms with Gasteiger partial charge in [0.25, 0.3) is 0 Å². The summed E-state index contributed by atoms with van der Waals surface area (Å²) in [5, 5.41) is 0. The highest BCUT2D eigenvalue weighted by atomic mass is 19.4. The molecule has 0 aromatic heterocycles. The molecule has 0 unspecified atom stereocenters. The first-order chi connectivity index (χ1) is 9.70. The van der Waals surface area contributed by atoms with E-state index in [4.69, 9.17) is 0 Å². The summed E-state index contributed by atoms with van der Waals surface area (Å²) in [5.74, 6) is -1.57. The molecular weight excluding hydrogens is 273 g/mol. The minimum absolute atomic E-state index is 0.300. The van der Waals surface area contributed by atoms with E-state index in [0.29, 0.717) is 11.1 Å². The van der Waals surface area contributed by atoms with E-state index in [0.717, 1.165) is 22.3 Å². The fourth-order valence-electron chi connectivity index (χ4n) is 2.46. The molecule has 0 bridgehead atoms. The molecule has 0 amide bonds. The highest BCUT2D eigenvalue weighted by Gasteiger charge is 2.42. The predicted octanol–water partition coefficient (Wildman–Crippen LogP) is 5.61. The summed E-state index contributed by atoms with van der Waals surface area (Å²) in [6.45, 7) is 7.48. The Bertz CT molecular complexity index is 602. The van der Waals surface area contributed by atoms with Crippen LogP contribution in [0, 0.1) is 27.7 Å². The molecule has 0 radical (unpaired) electrons. The lowest BCUT2D eigenvalue weighted by Gasteiger charge is -2.23. The topological polar surface area (TPSA) is 0 Å². The fourth-order valence-corrected chi connectivity index (χ4v) is 2.46. The van der Waals surface area contributed by atoms with Gasteiger partial charge in [0.05, 0.1) is 0 Å². The van der Waals surface area contributed by atoms with Gasteiger partial charge in [-0.15, -0.1) is 0 Å². The van der Waals surface area contributed by atoms with Gasteiger partial charge < -0.3 is 0 Å². The zero-order valence-corrected chi connectivity index (χ0v) is 12.7. The molecule has 112 valence electrons. The first kappa shape index (κ1) is 15.6. The Labute approximate surface area is 123 Å². The monoisotopic (exact) mass is 292 g/mol. The van der Waals surface area contributed by atoms with E-state index in [1.54, 1.807) is 36.4 Å². The van der Waals surface area contributed by atoms with Crippen molar-refractivity contribution >= 4 is 0 Å². The number of rotatable bonds is 2. The average molecular weight is 292 g/mol. The zero-order valence-electron chi connectivity index (χ0n) is 12.7. The minimum atomic E-state index is -4.30. The second-order valence-corrected chi connectivity index (χ2v) is 5.66. The molecule has 0 aliphatic heterocycles. The Hall–Kier alpha value is -1.77. The summed E-state index contributed by atoms with van der Waals surface area (Å²) in [4.78, 5) is 0. The van der Waals surface area contributed by atoms with E-state index in [-0.39, 0.29) is 0 Å². The van der Waals surface area contributed by atoms with Gasteiger partial charge in [0.2, 0.25) is 0 Å². The van der Waals surface area contributed by atoms with E-state index in [2.05, 4.69) is 0 Å². The lowest BCUT2D eigenvalue weighted by atomic mass is 9.87.